The highest BCUT2D eigenvalue weighted by Gasteiger charge is 2.20. The highest BCUT2D eigenvalue weighted by atomic mass is 15.0. The molecule has 2 N–H and O–H groups in total. The van der Waals surface area contributed by atoms with Gasteiger partial charge in [0.2, 0.25) is 0 Å². The molecule has 1 aromatic heterocycles. The summed E-state index contributed by atoms with van der Waals surface area (Å²) >= 11 is 0. The highest BCUT2D eigenvalue weighted by Crippen LogP contribution is 2.30. The van der Waals surface area contributed by atoms with Gasteiger partial charge in [-0.25, -0.2) is 0 Å². The molecule has 0 spiro atoms. The molecule has 2 heteroatoms. The number of H-pyrrole nitrogens is 1. The maximum Gasteiger partial charge on any atom is 0.0462 e. The van der Waals surface area contributed by atoms with Crippen LogP contribution in [0.2, 0.25) is 0 Å². The van der Waals surface area contributed by atoms with Gasteiger partial charge in [0.25, 0.3) is 0 Å². The SMILES string of the molecule is CC(C)=CCc1ccc2c3c([nH]c2c1)C(C)NCC3. The number of aromatic amines is 1. The lowest BCUT2D eigenvalue weighted by Crippen LogP contribution is -2.27. The van der Waals surface area contributed by atoms with Gasteiger partial charge < -0.3 is 10.3 Å². The van der Waals surface area contributed by atoms with Crippen LogP contribution >= 0.6 is 0 Å². The number of nitrogens with one attached hydrogen (secondary N) is 2. The second-order valence-electron chi connectivity index (χ2n) is 5.81. The zero-order valence-corrected chi connectivity index (χ0v) is 12.0. The molecule has 0 aliphatic carbocycles. The van der Waals surface area contributed by atoms with Gasteiger partial charge in [0.1, 0.15) is 0 Å². The largest absolute Gasteiger partial charge is 0.357 e. The predicted octanol–water partition coefficient (Wildman–Crippen LogP) is 3.88. The summed E-state index contributed by atoms with van der Waals surface area (Å²) in [5.74, 6) is 0. The number of hydrogen-bond acceptors (Lipinski definition) is 1. The van der Waals surface area contributed by atoms with E-state index in [1.54, 1.807) is 0 Å². The van der Waals surface area contributed by atoms with Crippen molar-refractivity contribution >= 4 is 10.9 Å². The first-order valence-electron chi connectivity index (χ1n) is 7.15. The van der Waals surface area contributed by atoms with Crippen molar-refractivity contribution in [3.05, 3.63) is 46.7 Å². The summed E-state index contributed by atoms with van der Waals surface area (Å²) in [5, 5.41) is 4.92. The third-order valence-corrected chi connectivity index (χ3v) is 4.01. The minimum Gasteiger partial charge on any atom is -0.357 e. The Morgan fingerprint density at radius 1 is 1.37 bits per heavy atom. The van der Waals surface area contributed by atoms with Gasteiger partial charge >= 0.3 is 0 Å². The van der Waals surface area contributed by atoms with Crippen LogP contribution in [0.4, 0.5) is 0 Å². The van der Waals surface area contributed by atoms with E-state index in [0.717, 1.165) is 19.4 Å². The number of benzene rings is 1. The van der Waals surface area contributed by atoms with E-state index in [1.165, 1.54) is 33.3 Å². The van der Waals surface area contributed by atoms with Crippen LogP contribution < -0.4 is 5.32 Å². The molecule has 1 aromatic carbocycles. The lowest BCUT2D eigenvalue weighted by molar-refractivity contribution is 0.533. The second-order valence-corrected chi connectivity index (χ2v) is 5.81. The maximum atomic E-state index is 3.61. The van der Waals surface area contributed by atoms with Crippen LogP contribution in [0.5, 0.6) is 0 Å². The Bertz CT molecular complexity index is 630. The average Bonchev–Trinajstić information content (AvgIpc) is 2.76. The molecule has 1 unspecified atom stereocenters. The third-order valence-electron chi connectivity index (χ3n) is 4.01. The van der Waals surface area contributed by atoms with Gasteiger partial charge in [-0.1, -0.05) is 23.8 Å². The topological polar surface area (TPSA) is 27.8 Å². The molecule has 0 bridgehead atoms. The van der Waals surface area contributed by atoms with Crippen LogP contribution in [0.1, 0.15) is 43.6 Å². The smallest absolute Gasteiger partial charge is 0.0462 e. The van der Waals surface area contributed by atoms with Gasteiger partial charge in [-0.05, 0) is 57.4 Å². The Morgan fingerprint density at radius 2 is 2.21 bits per heavy atom. The molecule has 0 saturated carbocycles. The van der Waals surface area contributed by atoms with E-state index in [4.69, 9.17) is 0 Å². The molecule has 100 valence electrons. The summed E-state index contributed by atoms with van der Waals surface area (Å²) in [6.45, 7) is 7.62. The minimum atomic E-state index is 0.442. The van der Waals surface area contributed by atoms with E-state index in [-0.39, 0.29) is 0 Å². The van der Waals surface area contributed by atoms with Crippen molar-refractivity contribution in [2.45, 2.75) is 39.7 Å². The number of fused-ring (bicyclic) bond motifs is 3. The zero-order chi connectivity index (χ0) is 13.4. The maximum absolute atomic E-state index is 3.61. The fraction of sp³-hybridized carbons (Fsp3) is 0.412. The van der Waals surface area contributed by atoms with Crippen LogP contribution in [0.15, 0.2) is 29.8 Å². The first kappa shape index (κ1) is 12.5. The Labute approximate surface area is 114 Å². The second kappa shape index (κ2) is 4.86. The summed E-state index contributed by atoms with van der Waals surface area (Å²) in [6.07, 6.45) is 4.44. The Kier molecular flexibility index (Phi) is 3.19. The van der Waals surface area contributed by atoms with E-state index in [0.29, 0.717) is 6.04 Å². The van der Waals surface area contributed by atoms with Crippen LogP contribution in [0.25, 0.3) is 10.9 Å². The van der Waals surface area contributed by atoms with E-state index in [2.05, 4.69) is 55.3 Å². The Hall–Kier alpha value is -1.54. The molecule has 0 radical (unpaired) electrons. The molecular formula is C17H22N2. The van der Waals surface area contributed by atoms with Gasteiger partial charge in [-0.15, -0.1) is 0 Å². The lowest BCUT2D eigenvalue weighted by Gasteiger charge is -2.20. The predicted molar refractivity (Wildman–Crippen MR) is 81.6 cm³/mol. The van der Waals surface area contributed by atoms with E-state index >= 15 is 0 Å². The number of allylic oxidation sites excluding steroid dienone is 2. The van der Waals surface area contributed by atoms with Gasteiger partial charge in [-0.3, -0.25) is 0 Å². The zero-order valence-electron chi connectivity index (χ0n) is 12.0. The Morgan fingerprint density at radius 3 is 3.00 bits per heavy atom. The van der Waals surface area contributed by atoms with E-state index in [9.17, 15) is 0 Å². The normalized spacial score (nSPS) is 18.4. The van der Waals surface area contributed by atoms with E-state index in [1.807, 2.05) is 0 Å². The summed E-state index contributed by atoms with van der Waals surface area (Å²) in [7, 11) is 0. The summed E-state index contributed by atoms with van der Waals surface area (Å²) in [4.78, 5) is 3.61. The molecule has 0 fully saturated rings. The molecule has 1 atom stereocenters. The average molecular weight is 254 g/mol. The molecule has 3 rings (SSSR count). The van der Waals surface area contributed by atoms with Crippen LogP contribution in [0, 0.1) is 0 Å². The number of aromatic nitrogens is 1. The van der Waals surface area contributed by atoms with Crippen molar-refractivity contribution in [1.82, 2.24) is 10.3 Å². The molecule has 0 amide bonds. The molecule has 1 aliphatic rings. The first-order valence-corrected chi connectivity index (χ1v) is 7.15. The minimum absolute atomic E-state index is 0.442. The van der Waals surface area contributed by atoms with Gasteiger partial charge in [0, 0.05) is 22.6 Å². The fourth-order valence-electron chi connectivity index (χ4n) is 2.93. The fourth-order valence-corrected chi connectivity index (χ4v) is 2.93. The van der Waals surface area contributed by atoms with Crippen molar-refractivity contribution in [2.24, 2.45) is 0 Å². The monoisotopic (exact) mass is 254 g/mol. The lowest BCUT2D eigenvalue weighted by atomic mass is 9.99. The molecule has 1 aliphatic heterocycles. The molecular weight excluding hydrogens is 232 g/mol. The van der Waals surface area contributed by atoms with E-state index < -0.39 is 0 Å². The highest BCUT2D eigenvalue weighted by molar-refractivity contribution is 5.85. The van der Waals surface area contributed by atoms with Gasteiger partial charge in [-0.2, -0.15) is 0 Å². The standard InChI is InChI=1S/C17H22N2/c1-11(2)4-5-13-6-7-14-15-8-9-18-12(3)17(15)19-16(14)10-13/h4,6-7,10,12,18-19H,5,8-9H2,1-3H3. The van der Waals surface area contributed by atoms with Gasteiger partial charge in [0.15, 0.2) is 0 Å². The molecule has 2 aromatic rings. The van der Waals surface area contributed by atoms with Crippen molar-refractivity contribution in [3.8, 4) is 0 Å². The summed E-state index contributed by atoms with van der Waals surface area (Å²) in [5.41, 5.74) is 6.94. The third kappa shape index (κ3) is 2.33. The summed E-state index contributed by atoms with van der Waals surface area (Å²) < 4.78 is 0. The van der Waals surface area contributed by atoms with Crippen molar-refractivity contribution in [2.75, 3.05) is 6.54 Å². The quantitative estimate of drug-likeness (QED) is 0.782. The van der Waals surface area contributed by atoms with Crippen LogP contribution in [-0.4, -0.2) is 11.5 Å². The summed E-state index contributed by atoms with van der Waals surface area (Å²) in [6, 6.07) is 7.30. The first-order chi connectivity index (χ1) is 9.15. The van der Waals surface area contributed by atoms with Crippen LogP contribution in [0.3, 0.4) is 0 Å². The number of rotatable bonds is 2. The van der Waals surface area contributed by atoms with Gasteiger partial charge in [0.05, 0.1) is 0 Å². The molecule has 2 heterocycles. The van der Waals surface area contributed by atoms with Crippen molar-refractivity contribution < 1.29 is 0 Å². The molecule has 2 nitrogen and oxygen atoms in total. The number of hydrogen-bond donors (Lipinski definition) is 2. The van der Waals surface area contributed by atoms with Crippen molar-refractivity contribution in [3.63, 3.8) is 0 Å². The Balaban J connectivity index is 2.02. The molecule has 19 heavy (non-hydrogen) atoms. The van der Waals surface area contributed by atoms with Crippen LogP contribution in [-0.2, 0) is 12.8 Å². The molecule has 0 saturated heterocycles. The van der Waals surface area contributed by atoms with Crippen molar-refractivity contribution in [1.29, 1.82) is 0 Å².